The Morgan fingerprint density at radius 3 is 2.65 bits per heavy atom. The van der Waals surface area contributed by atoms with Crippen LogP contribution in [0, 0.1) is 0 Å². The fourth-order valence-electron chi connectivity index (χ4n) is 4.31. The van der Waals surface area contributed by atoms with Crippen LogP contribution in [-0.4, -0.2) is 47.6 Å². The van der Waals surface area contributed by atoms with Crippen molar-refractivity contribution < 1.29 is 14.3 Å². The lowest BCUT2D eigenvalue weighted by Crippen LogP contribution is -2.32. The smallest absolute Gasteiger partial charge is 0.243 e. The third kappa shape index (κ3) is 4.82. The molecule has 2 aromatic rings. The van der Waals surface area contributed by atoms with Gasteiger partial charge in [0.15, 0.2) is 0 Å². The summed E-state index contributed by atoms with van der Waals surface area (Å²) in [5, 5.41) is 5.99. The second-order valence-corrected chi connectivity index (χ2v) is 8.73. The maximum atomic E-state index is 13.0. The minimum Gasteiger partial charge on any atom is -0.496 e. The first-order valence-corrected chi connectivity index (χ1v) is 11.4. The van der Waals surface area contributed by atoms with E-state index in [0.717, 1.165) is 46.3 Å². The number of rotatable bonds is 6. The zero-order chi connectivity index (χ0) is 21.8. The van der Waals surface area contributed by atoms with Crippen LogP contribution in [0.2, 0.25) is 0 Å². The number of carbonyl (C=O) groups is 2. The fraction of sp³-hybridized carbons (Fsp3) is 0.375. The van der Waals surface area contributed by atoms with Gasteiger partial charge in [0.1, 0.15) is 5.75 Å². The Labute approximate surface area is 191 Å². The maximum Gasteiger partial charge on any atom is 0.243 e. The van der Waals surface area contributed by atoms with Gasteiger partial charge in [-0.3, -0.25) is 9.59 Å². The van der Waals surface area contributed by atoms with Crippen molar-refractivity contribution in [3.05, 3.63) is 64.1 Å². The average molecular weight is 484 g/mol. The molecule has 0 spiro atoms. The van der Waals surface area contributed by atoms with E-state index in [1.54, 1.807) is 7.11 Å². The van der Waals surface area contributed by atoms with Crippen LogP contribution in [0.5, 0.6) is 5.75 Å². The third-order valence-corrected chi connectivity index (χ3v) is 6.37. The molecule has 4 rings (SSSR count). The summed E-state index contributed by atoms with van der Waals surface area (Å²) in [4.78, 5) is 27.5. The second kappa shape index (κ2) is 9.64. The number of ether oxygens (including phenoxy) is 1. The number of amides is 2. The van der Waals surface area contributed by atoms with Crippen molar-refractivity contribution in [2.24, 2.45) is 5.10 Å². The molecule has 31 heavy (non-hydrogen) atoms. The molecule has 0 aliphatic carbocycles. The predicted octanol–water partition coefficient (Wildman–Crippen LogP) is 4.54. The lowest BCUT2D eigenvalue weighted by molar-refractivity contribution is -0.137. The van der Waals surface area contributed by atoms with E-state index in [1.807, 2.05) is 53.4 Å². The minimum absolute atomic E-state index is 0.00402. The van der Waals surface area contributed by atoms with Gasteiger partial charge >= 0.3 is 0 Å². The molecule has 0 radical (unpaired) electrons. The van der Waals surface area contributed by atoms with Gasteiger partial charge in [0.25, 0.3) is 0 Å². The monoisotopic (exact) mass is 483 g/mol. The Kier molecular flexibility index (Phi) is 6.70. The number of methoxy groups -OCH3 is 1. The lowest BCUT2D eigenvalue weighted by atomic mass is 10.0. The highest BCUT2D eigenvalue weighted by atomic mass is 79.9. The Morgan fingerprint density at radius 1 is 1.10 bits per heavy atom. The summed E-state index contributed by atoms with van der Waals surface area (Å²) in [6.45, 7) is 1.27. The van der Waals surface area contributed by atoms with E-state index in [1.165, 1.54) is 5.01 Å². The van der Waals surface area contributed by atoms with Crippen molar-refractivity contribution in [1.29, 1.82) is 0 Å². The van der Waals surface area contributed by atoms with Gasteiger partial charge in [-0.25, -0.2) is 5.01 Å². The summed E-state index contributed by atoms with van der Waals surface area (Å²) in [7, 11) is 1.65. The zero-order valence-corrected chi connectivity index (χ0v) is 19.2. The lowest BCUT2D eigenvalue weighted by Gasteiger charge is -2.26. The average Bonchev–Trinajstić information content (AvgIpc) is 3.48. The summed E-state index contributed by atoms with van der Waals surface area (Å²) in [6.07, 6.45) is 2.93. The second-order valence-electron chi connectivity index (χ2n) is 7.81. The first-order chi connectivity index (χ1) is 15.1. The first-order valence-electron chi connectivity index (χ1n) is 10.6. The van der Waals surface area contributed by atoms with Crippen LogP contribution >= 0.6 is 15.9 Å². The normalized spacial score (nSPS) is 18.3. The van der Waals surface area contributed by atoms with Crippen molar-refractivity contribution in [3.63, 3.8) is 0 Å². The molecule has 0 bridgehead atoms. The van der Waals surface area contributed by atoms with Crippen LogP contribution in [-0.2, 0) is 9.59 Å². The van der Waals surface area contributed by atoms with Crippen molar-refractivity contribution in [2.45, 2.75) is 38.1 Å². The Morgan fingerprint density at radius 2 is 1.87 bits per heavy atom. The summed E-state index contributed by atoms with van der Waals surface area (Å²) >= 11 is 3.52. The summed E-state index contributed by atoms with van der Waals surface area (Å²) < 4.78 is 6.48. The minimum atomic E-state index is -0.102. The highest BCUT2D eigenvalue weighted by Crippen LogP contribution is 2.38. The third-order valence-electron chi connectivity index (χ3n) is 5.87. The van der Waals surface area contributed by atoms with Gasteiger partial charge in [-0.2, -0.15) is 5.10 Å². The number of hydrogen-bond donors (Lipinski definition) is 0. The van der Waals surface area contributed by atoms with E-state index in [-0.39, 0.29) is 30.7 Å². The molecule has 2 heterocycles. The molecule has 2 aliphatic rings. The van der Waals surface area contributed by atoms with Crippen molar-refractivity contribution >= 4 is 33.5 Å². The molecular weight excluding hydrogens is 458 g/mol. The van der Waals surface area contributed by atoms with E-state index in [2.05, 4.69) is 21.0 Å². The number of carbonyl (C=O) groups excluding carboxylic acids is 2. The molecule has 1 atom stereocenters. The molecule has 2 aromatic carbocycles. The molecule has 0 aromatic heterocycles. The van der Waals surface area contributed by atoms with Crippen LogP contribution in [0.4, 0.5) is 0 Å². The van der Waals surface area contributed by atoms with Gasteiger partial charge in [-0.05, 0) is 36.6 Å². The summed E-state index contributed by atoms with van der Waals surface area (Å²) in [5.74, 6) is 0.684. The van der Waals surface area contributed by atoms with E-state index in [0.29, 0.717) is 13.1 Å². The van der Waals surface area contributed by atoms with Gasteiger partial charge < -0.3 is 9.64 Å². The zero-order valence-electron chi connectivity index (χ0n) is 17.6. The first kappa shape index (κ1) is 21.6. The number of benzene rings is 2. The van der Waals surface area contributed by atoms with E-state index in [4.69, 9.17) is 4.74 Å². The number of nitrogens with zero attached hydrogens (tertiary/aromatic N) is 3. The molecule has 0 saturated carbocycles. The SMILES string of the molecule is COc1ccc(Br)cc1C1CCCN1C(=O)CCC(=O)N1CCC(c2ccccc2)=N1. The Balaban J connectivity index is 1.38. The van der Waals surface area contributed by atoms with Crippen molar-refractivity contribution in [2.75, 3.05) is 20.2 Å². The predicted molar refractivity (Wildman–Crippen MR) is 123 cm³/mol. The number of hydrazone groups is 1. The van der Waals surface area contributed by atoms with Gasteiger partial charge in [0.05, 0.1) is 25.4 Å². The van der Waals surface area contributed by atoms with Crippen LogP contribution in [0.1, 0.15) is 49.3 Å². The van der Waals surface area contributed by atoms with Crippen LogP contribution in [0.15, 0.2) is 58.1 Å². The Hall–Kier alpha value is -2.67. The van der Waals surface area contributed by atoms with E-state index in [9.17, 15) is 9.59 Å². The molecule has 2 aliphatic heterocycles. The fourth-order valence-corrected chi connectivity index (χ4v) is 4.69. The molecule has 6 nitrogen and oxygen atoms in total. The van der Waals surface area contributed by atoms with Gasteiger partial charge in [-0.15, -0.1) is 0 Å². The molecule has 7 heteroatoms. The number of halogens is 1. The standard InChI is InChI=1S/C24H26BrN3O3/c1-31-22-10-9-18(25)16-19(22)21-8-5-14-27(21)23(29)11-12-24(30)28-15-13-20(26-28)17-6-3-2-4-7-17/h2-4,6-7,9-10,16,21H,5,8,11-15H2,1H3. The summed E-state index contributed by atoms with van der Waals surface area (Å²) in [6, 6.07) is 15.7. The van der Waals surface area contributed by atoms with E-state index >= 15 is 0 Å². The van der Waals surface area contributed by atoms with Crippen molar-refractivity contribution in [3.8, 4) is 5.75 Å². The number of hydrogen-bond acceptors (Lipinski definition) is 4. The molecule has 1 saturated heterocycles. The van der Waals surface area contributed by atoms with Gasteiger partial charge in [0.2, 0.25) is 11.8 Å². The van der Waals surface area contributed by atoms with Crippen LogP contribution in [0.3, 0.4) is 0 Å². The molecule has 162 valence electrons. The van der Waals surface area contributed by atoms with Crippen LogP contribution in [0.25, 0.3) is 0 Å². The van der Waals surface area contributed by atoms with Gasteiger partial charge in [-0.1, -0.05) is 46.3 Å². The summed E-state index contributed by atoms with van der Waals surface area (Å²) in [5.41, 5.74) is 2.96. The van der Waals surface area contributed by atoms with Crippen molar-refractivity contribution in [1.82, 2.24) is 9.91 Å². The van der Waals surface area contributed by atoms with Crippen LogP contribution < -0.4 is 4.74 Å². The largest absolute Gasteiger partial charge is 0.496 e. The maximum absolute atomic E-state index is 13.0. The topological polar surface area (TPSA) is 62.2 Å². The van der Waals surface area contributed by atoms with E-state index < -0.39 is 0 Å². The highest BCUT2D eigenvalue weighted by molar-refractivity contribution is 9.10. The quantitative estimate of drug-likeness (QED) is 0.605. The molecule has 1 fully saturated rings. The molecule has 2 amide bonds. The Bertz CT molecular complexity index is 993. The highest BCUT2D eigenvalue weighted by Gasteiger charge is 2.32. The molecule has 0 N–H and O–H groups in total. The number of likely N-dealkylation sites (tertiary alicyclic amines) is 1. The van der Waals surface area contributed by atoms with Gasteiger partial charge in [0, 0.05) is 35.8 Å². The molecule has 1 unspecified atom stereocenters. The molecular formula is C24H26BrN3O3.